The first-order chi connectivity index (χ1) is 9.16. The van der Waals surface area contributed by atoms with Gasteiger partial charge in [0.1, 0.15) is 5.82 Å². The Morgan fingerprint density at radius 3 is 3.05 bits per heavy atom. The van der Waals surface area contributed by atoms with Crippen molar-refractivity contribution in [3.8, 4) is 0 Å². The van der Waals surface area contributed by atoms with Crippen LogP contribution in [0.5, 0.6) is 0 Å². The second kappa shape index (κ2) is 8.21. The Morgan fingerprint density at radius 2 is 2.40 bits per heavy atom. The Bertz CT molecular complexity index is 464. The lowest BCUT2D eigenvalue weighted by Gasteiger charge is -2.16. The Morgan fingerprint density at radius 1 is 1.60 bits per heavy atom. The van der Waals surface area contributed by atoms with Crippen molar-refractivity contribution in [2.45, 2.75) is 19.4 Å². The third kappa shape index (κ3) is 4.75. The van der Waals surface area contributed by atoms with Crippen LogP contribution in [0.4, 0.5) is 5.82 Å². The fourth-order valence-electron chi connectivity index (χ4n) is 2.19. The molecule has 0 bridgehead atoms. The number of nitrogens with zero attached hydrogens (tertiary/aromatic N) is 2. The highest BCUT2D eigenvalue weighted by atomic mass is 127. The fraction of sp³-hybridized carbons (Fsp3) is 0.429. The standard InChI is InChI=1S/C14H20N4O.HI/c1-10(2)13-11(6-8-19-13)9-17-14(15)18-12-5-3-4-7-16-12;/h3-5,7,11,13H,1,6,8-9H2,2H3,(H3,15,16,17,18);1H. The maximum absolute atomic E-state index is 5.84. The molecule has 1 aromatic rings. The zero-order chi connectivity index (χ0) is 13.7. The molecule has 0 spiro atoms. The van der Waals surface area contributed by atoms with E-state index in [4.69, 9.17) is 10.5 Å². The number of ether oxygens (including phenoxy) is 1. The van der Waals surface area contributed by atoms with E-state index in [9.17, 15) is 0 Å². The molecule has 1 fully saturated rings. The first kappa shape index (κ1) is 16.9. The molecule has 5 nitrogen and oxygen atoms in total. The molecule has 0 aromatic carbocycles. The normalized spacial score (nSPS) is 22.1. The summed E-state index contributed by atoms with van der Waals surface area (Å²) in [6.45, 7) is 7.35. The first-order valence-corrected chi connectivity index (χ1v) is 6.42. The largest absolute Gasteiger partial charge is 0.374 e. The highest BCUT2D eigenvalue weighted by molar-refractivity contribution is 14.0. The third-order valence-corrected chi connectivity index (χ3v) is 3.12. The molecule has 1 saturated heterocycles. The number of aliphatic imine (C=N–C) groups is 1. The maximum atomic E-state index is 5.84. The monoisotopic (exact) mass is 388 g/mol. The van der Waals surface area contributed by atoms with Crippen molar-refractivity contribution in [1.82, 2.24) is 4.98 Å². The number of pyridine rings is 1. The summed E-state index contributed by atoms with van der Waals surface area (Å²) >= 11 is 0. The molecule has 1 aliphatic heterocycles. The van der Waals surface area contributed by atoms with Crippen LogP contribution in [0.3, 0.4) is 0 Å². The minimum atomic E-state index is 0. The summed E-state index contributed by atoms with van der Waals surface area (Å²) in [5, 5.41) is 2.96. The topological polar surface area (TPSA) is 72.5 Å². The minimum Gasteiger partial charge on any atom is -0.374 e. The van der Waals surface area contributed by atoms with Gasteiger partial charge in [0.25, 0.3) is 0 Å². The Hall–Kier alpha value is -1.15. The van der Waals surface area contributed by atoms with Crippen LogP contribution in [-0.2, 0) is 4.74 Å². The highest BCUT2D eigenvalue weighted by Crippen LogP contribution is 2.25. The molecule has 2 unspecified atom stereocenters. The van der Waals surface area contributed by atoms with Crippen LogP contribution in [0.1, 0.15) is 13.3 Å². The van der Waals surface area contributed by atoms with E-state index in [-0.39, 0.29) is 30.1 Å². The van der Waals surface area contributed by atoms with E-state index in [0.717, 1.165) is 18.6 Å². The molecular formula is C14H21IN4O. The van der Waals surface area contributed by atoms with Crippen molar-refractivity contribution in [3.63, 3.8) is 0 Å². The van der Waals surface area contributed by atoms with Gasteiger partial charge in [0, 0.05) is 25.3 Å². The van der Waals surface area contributed by atoms with E-state index in [1.54, 1.807) is 6.20 Å². The number of nitrogens with two attached hydrogens (primary N) is 1. The molecule has 6 heteroatoms. The molecule has 20 heavy (non-hydrogen) atoms. The van der Waals surface area contributed by atoms with Gasteiger partial charge in [0.15, 0.2) is 5.96 Å². The van der Waals surface area contributed by atoms with Crippen LogP contribution >= 0.6 is 24.0 Å². The number of guanidine groups is 1. The van der Waals surface area contributed by atoms with Crippen LogP contribution < -0.4 is 11.1 Å². The van der Waals surface area contributed by atoms with E-state index < -0.39 is 0 Å². The summed E-state index contributed by atoms with van der Waals surface area (Å²) in [5.41, 5.74) is 6.89. The van der Waals surface area contributed by atoms with Crippen LogP contribution in [0.25, 0.3) is 0 Å². The lowest BCUT2D eigenvalue weighted by atomic mass is 9.97. The molecule has 1 aliphatic rings. The smallest absolute Gasteiger partial charge is 0.194 e. The summed E-state index contributed by atoms with van der Waals surface area (Å²) in [7, 11) is 0. The van der Waals surface area contributed by atoms with Crippen LogP contribution in [-0.4, -0.2) is 30.2 Å². The zero-order valence-electron chi connectivity index (χ0n) is 11.6. The molecule has 3 N–H and O–H groups in total. The summed E-state index contributed by atoms with van der Waals surface area (Å²) in [6.07, 6.45) is 2.81. The number of hydrogen-bond donors (Lipinski definition) is 2. The molecule has 0 aliphatic carbocycles. The van der Waals surface area contributed by atoms with Crippen molar-refractivity contribution in [3.05, 3.63) is 36.5 Å². The van der Waals surface area contributed by atoms with Crippen LogP contribution in [0.2, 0.25) is 0 Å². The van der Waals surface area contributed by atoms with Crippen molar-refractivity contribution in [2.75, 3.05) is 18.5 Å². The van der Waals surface area contributed by atoms with Crippen molar-refractivity contribution >= 4 is 35.8 Å². The highest BCUT2D eigenvalue weighted by Gasteiger charge is 2.28. The third-order valence-electron chi connectivity index (χ3n) is 3.12. The number of halogens is 1. The summed E-state index contributed by atoms with van der Waals surface area (Å²) < 4.78 is 5.64. The molecule has 0 amide bonds. The van der Waals surface area contributed by atoms with E-state index >= 15 is 0 Å². The molecular weight excluding hydrogens is 367 g/mol. The molecule has 0 saturated carbocycles. The van der Waals surface area contributed by atoms with Crippen molar-refractivity contribution in [1.29, 1.82) is 0 Å². The molecule has 1 aromatic heterocycles. The maximum Gasteiger partial charge on any atom is 0.194 e. The quantitative estimate of drug-likeness (QED) is 0.360. The average molecular weight is 388 g/mol. The van der Waals surface area contributed by atoms with E-state index in [0.29, 0.717) is 24.2 Å². The lowest BCUT2D eigenvalue weighted by Crippen LogP contribution is -2.26. The van der Waals surface area contributed by atoms with Gasteiger partial charge in [-0.15, -0.1) is 24.0 Å². The predicted octanol–water partition coefficient (Wildman–Crippen LogP) is 2.41. The van der Waals surface area contributed by atoms with Crippen molar-refractivity contribution < 1.29 is 4.74 Å². The number of hydrogen-bond acceptors (Lipinski definition) is 3. The summed E-state index contributed by atoms with van der Waals surface area (Å²) in [6, 6.07) is 5.59. The van der Waals surface area contributed by atoms with Gasteiger partial charge >= 0.3 is 0 Å². The number of rotatable bonds is 4. The molecule has 2 atom stereocenters. The van der Waals surface area contributed by atoms with Gasteiger partial charge in [0.2, 0.25) is 0 Å². The molecule has 2 heterocycles. The SMILES string of the molecule is C=C(C)C1OCCC1CN=C(N)Nc1ccccn1.I. The van der Waals surface area contributed by atoms with E-state index in [1.165, 1.54) is 0 Å². The van der Waals surface area contributed by atoms with E-state index in [2.05, 4.69) is 21.9 Å². The second-order valence-corrected chi connectivity index (χ2v) is 4.75. The molecule has 110 valence electrons. The summed E-state index contributed by atoms with van der Waals surface area (Å²) in [4.78, 5) is 8.49. The number of nitrogens with one attached hydrogen (secondary N) is 1. The summed E-state index contributed by atoms with van der Waals surface area (Å²) in [5.74, 6) is 1.44. The van der Waals surface area contributed by atoms with Crippen LogP contribution in [0, 0.1) is 5.92 Å². The second-order valence-electron chi connectivity index (χ2n) is 4.75. The van der Waals surface area contributed by atoms with Crippen LogP contribution in [0.15, 0.2) is 41.5 Å². The molecule has 2 rings (SSSR count). The van der Waals surface area contributed by atoms with Gasteiger partial charge in [-0.3, -0.25) is 4.99 Å². The minimum absolute atomic E-state index is 0. The van der Waals surface area contributed by atoms with Gasteiger partial charge in [-0.25, -0.2) is 4.98 Å². The van der Waals surface area contributed by atoms with Crippen molar-refractivity contribution in [2.24, 2.45) is 16.6 Å². The predicted molar refractivity (Wildman–Crippen MR) is 92.4 cm³/mol. The first-order valence-electron chi connectivity index (χ1n) is 6.42. The van der Waals surface area contributed by atoms with Gasteiger partial charge in [0.05, 0.1) is 6.10 Å². The number of anilines is 1. The average Bonchev–Trinajstić information content (AvgIpc) is 2.86. The van der Waals surface area contributed by atoms with Gasteiger partial charge in [-0.2, -0.15) is 0 Å². The van der Waals surface area contributed by atoms with Gasteiger partial charge in [-0.1, -0.05) is 18.2 Å². The van der Waals surface area contributed by atoms with Gasteiger partial charge in [-0.05, 0) is 25.5 Å². The fourth-order valence-corrected chi connectivity index (χ4v) is 2.19. The number of aromatic nitrogens is 1. The Balaban J connectivity index is 0.00000200. The lowest BCUT2D eigenvalue weighted by molar-refractivity contribution is 0.120. The Kier molecular flexibility index (Phi) is 6.94. The zero-order valence-corrected chi connectivity index (χ0v) is 13.9. The molecule has 0 radical (unpaired) electrons. The Labute approximate surface area is 136 Å². The van der Waals surface area contributed by atoms with E-state index in [1.807, 2.05) is 25.1 Å². The van der Waals surface area contributed by atoms with Gasteiger partial charge < -0.3 is 15.8 Å².